The molecule has 2 rings (SSSR count). The second-order valence-corrected chi connectivity index (χ2v) is 3.23. The molecule has 0 atom stereocenters. The van der Waals surface area contributed by atoms with Gasteiger partial charge in [0, 0.05) is 5.56 Å². The normalized spacial score (nSPS) is 10.1. The number of rotatable bonds is 3. The molecule has 0 amide bonds. The van der Waals surface area contributed by atoms with Crippen LogP contribution < -0.4 is 0 Å². The lowest BCUT2D eigenvalue weighted by Gasteiger charge is -1.98. The maximum atomic E-state index is 11.7. The van der Waals surface area contributed by atoms with Crippen molar-refractivity contribution < 1.29 is 14.3 Å². The summed E-state index contributed by atoms with van der Waals surface area (Å²) in [5, 5.41) is 9.07. The van der Waals surface area contributed by atoms with Crippen molar-refractivity contribution in [1.29, 1.82) is 0 Å². The molecule has 1 N–H and O–H groups in total. The van der Waals surface area contributed by atoms with E-state index in [0.717, 1.165) is 0 Å². The first-order chi connectivity index (χ1) is 7.25. The molecule has 2 aromatic rings. The summed E-state index contributed by atoms with van der Waals surface area (Å²) in [5.41, 5.74) is 0.573. The van der Waals surface area contributed by atoms with Gasteiger partial charge in [0.15, 0.2) is 5.78 Å². The van der Waals surface area contributed by atoms with E-state index in [1.54, 1.807) is 30.5 Å². The minimum Gasteiger partial charge on any atom is -0.508 e. The predicted octanol–water partition coefficient (Wildman–Crippen LogP) is 2.41. The summed E-state index contributed by atoms with van der Waals surface area (Å²) in [6.45, 7) is 0. The lowest BCUT2D eigenvalue weighted by Crippen LogP contribution is -2.01. The summed E-state index contributed by atoms with van der Waals surface area (Å²) < 4.78 is 5.08. The molecular weight excluding hydrogens is 192 g/mol. The van der Waals surface area contributed by atoms with Gasteiger partial charge in [-0.05, 0) is 36.4 Å². The number of carbonyl (C=O) groups is 1. The van der Waals surface area contributed by atoms with Crippen molar-refractivity contribution in [3.8, 4) is 5.75 Å². The zero-order chi connectivity index (χ0) is 10.7. The molecule has 0 aliphatic rings. The number of phenols is 1. The quantitative estimate of drug-likeness (QED) is 0.777. The summed E-state index contributed by atoms with van der Waals surface area (Å²) in [5.74, 6) is 0.780. The standard InChI is InChI=1S/C12H10O3/c13-10-5-3-9(4-6-10)12(14)8-11-2-1-7-15-11/h1-7,13H,8H2. The van der Waals surface area contributed by atoms with Crippen LogP contribution >= 0.6 is 0 Å². The molecule has 0 bridgehead atoms. The van der Waals surface area contributed by atoms with E-state index in [4.69, 9.17) is 9.52 Å². The number of benzene rings is 1. The van der Waals surface area contributed by atoms with Crippen LogP contribution in [0.25, 0.3) is 0 Å². The molecule has 0 aliphatic heterocycles. The smallest absolute Gasteiger partial charge is 0.170 e. The number of phenolic OH excluding ortho intramolecular Hbond substituents is 1. The summed E-state index contributed by atoms with van der Waals surface area (Å²) >= 11 is 0. The van der Waals surface area contributed by atoms with Crippen LogP contribution in [0.1, 0.15) is 16.1 Å². The number of furan rings is 1. The molecule has 0 saturated carbocycles. The van der Waals surface area contributed by atoms with Crippen LogP contribution in [0.3, 0.4) is 0 Å². The minimum atomic E-state index is -0.0232. The van der Waals surface area contributed by atoms with E-state index in [0.29, 0.717) is 11.3 Å². The maximum absolute atomic E-state index is 11.7. The van der Waals surface area contributed by atoms with Crippen molar-refractivity contribution in [3.63, 3.8) is 0 Å². The zero-order valence-corrected chi connectivity index (χ0v) is 8.01. The fraction of sp³-hybridized carbons (Fsp3) is 0.0833. The highest BCUT2D eigenvalue weighted by molar-refractivity contribution is 5.97. The third-order valence-corrected chi connectivity index (χ3v) is 2.10. The van der Waals surface area contributed by atoms with E-state index in [2.05, 4.69) is 0 Å². The van der Waals surface area contributed by atoms with Crippen molar-refractivity contribution in [3.05, 3.63) is 54.0 Å². The van der Waals surface area contributed by atoms with Crippen molar-refractivity contribution in [2.24, 2.45) is 0 Å². The molecule has 0 radical (unpaired) electrons. The molecule has 1 aromatic carbocycles. The molecule has 0 spiro atoms. The number of ketones is 1. The van der Waals surface area contributed by atoms with Gasteiger partial charge in [-0.25, -0.2) is 0 Å². The van der Waals surface area contributed by atoms with Crippen LogP contribution in [0, 0.1) is 0 Å². The highest BCUT2D eigenvalue weighted by Crippen LogP contribution is 2.12. The molecule has 3 nitrogen and oxygen atoms in total. The highest BCUT2D eigenvalue weighted by Gasteiger charge is 2.08. The van der Waals surface area contributed by atoms with Gasteiger partial charge in [-0.15, -0.1) is 0 Å². The SMILES string of the molecule is O=C(Cc1ccco1)c1ccc(O)cc1. The Morgan fingerprint density at radius 2 is 1.93 bits per heavy atom. The zero-order valence-electron chi connectivity index (χ0n) is 8.01. The Bertz CT molecular complexity index is 440. The van der Waals surface area contributed by atoms with Crippen molar-refractivity contribution >= 4 is 5.78 Å². The Balaban J connectivity index is 2.11. The van der Waals surface area contributed by atoms with Gasteiger partial charge in [-0.2, -0.15) is 0 Å². The molecule has 0 unspecified atom stereocenters. The van der Waals surface area contributed by atoms with Crippen LogP contribution in [0.15, 0.2) is 47.1 Å². The summed E-state index contributed by atoms with van der Waals surface area (Å²) in [6.07, 6.45) is 1.79. The predicted molar refractivity (Wildman–Crippen MR) is 54.8 cm³/mol. The van der Waals surface area contributed by atoms with Gasteiger partial charge >= 0.3 is 0 Å². The molecular formula is C12H10O3. The second-order valence-electron chi connectivity index (χ2n) is 3.23. The van der Waals surface area contributed by atoms with Crippen molar-refractivity contribution in [1.82, 2.24) is 0 Å². The number of Topliss-reactive ketones (excluding diaryl/α,β-unsaturated/α-hetero) is 1. The first-order valence-electron chi connectivity index (χ1n) is 4.60. The van der Waals surface area contributed by atoms with Crippen molar-refractivity contribution in [2.45, 2.75) is 6.42 Å². The highest BCUT2D eigenvalue weighted by atomic mass is 16.3. The summed E-state index contributed by atoms with van der Waals surface area (Å²) in [4.78, 5) is 11.7. The summed E-state index contributed by atoms with van der Waals surface area (Å²) in [7, 11) is 0. The lowest BCUT2D eigenvalue weighted by molar-refractivity contribution is 0.0987. The monoisotopic (exact) mass is 202 g/mol. The first-order valence-corrected chi connectivity index (χ1v) is 4.60. The second kappa shape index (κ2) is 4.00. The van der Waals surface area contributed by atoms with Gasteiger partial charge in [0.25, 0.3) is 0 Å². The molecule has 76 valence electrons. The van der Waals surface area contributed by atoms with Gasteiger partial charge in [0.2, 0.25) is 0 Å². The third kappa shape index (κ3) is 2.26. The number of hydrogen-bond donors (Lipinski definition) is 1. The van der Waals surface area contributed by atoms with Crippen LogP contribution in [0.4, 0.5) is 0 Å². The molecule has 3 heteroatoms. The van der Waals surface area contributed by atoms with Gasteiger partial charge in [-0.1, -0.05) is 0 Å². The Morgan fingerprint density at radius 3 is 2.53 bits per heavy atom. The molecule has 0 saturated heterocycles. The van der Waals surface area contributed by atoms with Crippen molar-refractivity contribution in [2.75, 3.05) is 0 Å². The van der Waals surface area contributed by atoms with E-state index in [-0.39, 0.29) is 18.0 Å². The average molecular weight is 202 g/mol. The number of aromatic hydroxyl groups is 1. The molecule has 15 heavy (non-hydrogen) atoms. The van der Waals surface area contributed by atoms with E-state index in [1.807, 2.05) is 0 Å². The fourth-order valence-electron chi connectivity index (χ4n) is 1.32. The van der Waals surface area contributed by atoms with E-state index in [1.165, 1.54) is 12.1 Å². The van der Waals surface area contributed by atoms with E-state index >= 15 is 0 Å². The van der Waals surface area contributed by atoms with Crippen LogP contribution in [-0.2, 0) is 6.42 Å². The van der Waals surface area contributed by atoms with Gasteiger partial charge in [0.05, 0.1) is 12.7 Å². The van der Waals surface area contributed by atoms with Gasteiger partial charge in [-0.3, -0.25) is 4.79 Å². The van der Waals surface area contributed by atoms with Crippen LogP contribution in [0.2, 0.25) is 0 Å². The largest absolute Gasteiger partial charge is 0.508 e. The average Bonchev–Trinajstić information content (AvgIpc) is 2.71. The Morgan fingerprint density at radius 1 is 1.20 bits per heavy atom. The molecule has 1 heterocycles. The summed E-state index contributed by atoms with van der Waals surface area (Å²) in [6, 6.07) is 9.70. The van der Waals surface area contributed by atoms with Crippen LogP contribution in [-0.4, -0.2) is 10.9 Å². The van der Waals surface area contributed by atoms with Gasteiger partial charge in [0.1, 0.15) is 11.5 Å². The number of carbonyl (C=O) groups excluding carboxylic acids is 1. The first kappa shape index (κ1) is 9.52. The minimum absolute atomic E-state index is 0.0232. The molecule has 0 fully saturated rings. The fourth-order valence-corrected chi connectivity index (χ4v) is 1.32. The third-order valence-electron chi connectivity index (χ3n) is 2.10. The number of hydrogen-bond acceptors (Lipinski definition) is 3. The van der Waals surface area contributed by atoms with E-state index < -0.39 is 0 Å². The van der Waals surface area contributed by atoms with Gasteiger partial charge < -0.3 is 9.52 Å². The Labute approximate surface area is 87.0 Å². The van der Waals surface area contributed by atoms with Crippen LogP contribution in [0.5, 0.6) is 5.75 Å². The Kier molecular flexibility index (Phi) is 2.54. The molecule has 1 aromatic heterocycles. The Hall–Kier alpha value is -2.03. The maximum Gasteiger partial charge on any atom is 0.170 e. The molecule has 0 aliphatic carbocycles. The van der Waals surface area contributed by atoms with E-state index in [9.17, 15) is 4.79 Å². The topological polar surface area (TPSA) is 50.4 Å². The lowest BCUT2D eigenvalue weighted by atomic mass is 10.1.